The van der Waals surface area contributed by atoms with Crippen LogP contribution in [0.5, 0.6) is 11.5 Å². The average molecular weight is 453 g/mol. The third kappa shape index (κ3) is 7.49. The Hall–Kier alpha value is -2.70. The minimum absolute atomic E-state index is 0.638. The van der Waals surface area contributed by atoms with Crippen LogP contribution < -0.4 is 20.1 Å². The third-order valence-corrected chi connectivity index (χ3v) is 6.07. The van der Waals surface area contributed by atoms with Crippen LogP contribution in [0.3, 0.4) is 0 Å². The molecular formula is C25H28N2O2S2. The highest BCUT2D eigenvalue weighted by molar-refractivity contribution is 7.98. The maximum absolute atomic E-state index is 5.42. The average Bonchev–Trinajstić information content (AvgIpc) is 2.82. The molecule has 3 aromatic carbocycles. The zero-order valence-electron chi connectivity index (χ0n) is 17.9. The molecule has 0 aromatic heterocycles. The number of nitrogens with one attached hydrogen (secondary N) is 2. The monoisotopic (exact) mass is 452 g/mol. The minimum Gasteiger partial charge on any atom is -0.493 e. The van der Waals surface area contributed by atoms with E-state index >= 15 is 0 Å². The number of hydrogen-bond donors (Lipinski definition) is 2. The highest BCUT2D eigenvalue weighted by atomic mass is 32.2. The SMILES string of the molecule is COc1ccc(CCCNC(=S)Nc2ccc(CSc3ccccc3)cc2)cc1OC. The quantitative estimate of drug-likeness (QED) is 0.226. The van der Waals surface area contributed by atoms with Crippen LogP contribution in [0.1, 0.15) is 17.5 Å². The molecule has 3 rings (SSSR count). The molecule has 3 aromatic rings. The van der Waals surface area contributed by atoms with Gasteiger partial charge in [-0.25, -0.2) is 0 Å². The summed E-state index contributed by atoms with van der Waals surface area (Å²) in [6.45, 7) is 0.798. The Bertz CT molecular complexity index is 963. The zero-order chi connectivity index (χ0) is 21.9. The Kier molecular flexibility index (Phi) is 9.06. The first-order valence-electron chi connectivity index (χ1n) is 10.2. The molecule has 0 bridgehead atoms. The predicted molar refractivity (Wildman–Crippen MR) is 135 cm³/mol. The topological polar surface area (TPSA) is 42.5 Å². The lowest BCUT2D eigenvalue weighted by Crippen LogP contribution is -2.29. The number of thioether (sulfide) groups is 1. The Labute approximate surface area is 194 Å². The normalized spacial score (nSPS) is 10.4. The fourth-order valence-electron chi connectivity index (χ4n) is 3.07. The highest BCUT2D eigenvalue weighted by Crippen LogP contribution is 2.28. The summed E-state index contributed by atoms with van der Waals surface area (Å²) in [4.78, 5) is 1.28. The van der Waals surface area contributed by atoms with Crippen LogP contribution in [0.4, 0.5) is 5.69 Å². The second-order valence-corrected chi connectivity index (χ2v) is 8.43. The molecule has 6 heteroatoms. The fraction of sp³-hybridized carbons (Fsp3) is 0.240. The van der Waals surface area contributed by atoms with Crippen molar-refractivity contribution in [1.82, 2.24) is 5.32 Å². The standard InChI is InChI=1S/C25H28N2O2S2/c1-28-23-15-12-19(17-24(23)29-2)7-6-16-26-25(30)27-21-13-10-20(11-14-21)18-31-22-8-4-3-5-9-22/h3-5,8-15,17H,6-7,16,18H2,1-2H3,(H2,26,27,30). The molecule has 0 spiro atoms. The number of ether oxygens (including phenoxy) is 2. The molecule has 31 heavy (non-hydrogen) atoms. The van der Waals surface area contributed by atoms with E-state index < -0.39 is 0 Å². The molecular weight excluding hydrogens is 424 g/mol. The van der Waals surface area contributed by atoms with Gasteiger partial charge in [0.1, 0.15) is 0 Å². The van der Waals surface area contributed by atoms with Gasteiger partial charge in [-0.1, -0.05) is 36.4 Å². The second kappa shape index (κ2) is 12.2. The lowest BCUT2D eigenvalue weighted by atomic mass is 10.1. The Morgan fingerprint density at radius 2 is 1.58 bits per heavy atom. The fourth-order valence-corrected chi connectivity index (χ4v) is 4.17. The number of aryl methyl sites for hydroxylation is 1. The molecule has 0 unspecified atom stereocenters. The van der Waals surface area contributed by atoms with Crippen LogP contribution >= 0.6 is 24.0 Å². The van der Waals surface area contributed by atoms with Gasteiger partial charge in [0.25, 0.3) is 0 Å². The summed E-state index contributed by atoms with van der Waals surface area (Å²) in [5.41, 5.74) is 3.49. The summed E-state index contributed by atoms with van der Waals surface area (Å²) in [6, 6.07) is 24.9. The van der Waals surface area contributed by atoms with Gasteiger partial charge < -0.3 is 20.1 Å². The van der Waals surface area contributed by atoms with Crippen LogP contribution in [0, 0.1) is 0 Å². The van der Waals surface area contributed by atoms with Gasteiger partial charge in [-0.05, 0) is 72.6 Å². The molecule has 0 amide bonds. The molecule has 0 aliphatic heterocycles. The number of benzene rings is 3. The van der Waals surface area contributed by atoms with Gasteiger partial charge >= 0.3 is 0 Å². The first kappa shape index (κ1) is 23.0. The summed E-state index contributed by atoms with van der Waals surface area (Å²) in [6.07, 6.45) is 1.90. The molecule has 0 saturated heterocycles. The molecule has 2 N–H and O–H groups in total. The van der Waals surface area contributed by atoms with Crippen molar-refractivity contribution in [3.63, 3.8) is 0 Å². The van der Waals surface area contributed by atoms with Gasteiger partial charge in [0.15, 0.2) is 16.6 Å². The van der Waals surface area contributed by atoms with Crippen LogP contribution in [-0.2, 0) is 12.2 Å². The van der Waals surface area contributed by atoms with Gasteiger partial charge in [-0.2, -0.15) is 0 Å². The molecule has 0 heterocycles. The number of thiocarbonyl (C=S) groups is 1. The van der Waals surface area contributed by atoms with Crippen LogP contribution in [0.2, 0.25) is 0 Å². The Morgan fingerprint density at radius 1 is 0.871 bits per heavy atom. The number of methoxy groups -OCH3 is 2. The molecule has 4 nitrogen and oxygen atoms in total. The molecule has 0 aliphatic carbocycles. The van der Waals surface area contributed by atoms with Crippen LogP contribution in [0.15, 0.2) is 77.7 Å². The van der Waals surface area contributed by atoms with E-state index in [1.54, 1.807) is 14.2 Å². The molecule has 0 radical (unpaired) electrons. The molecule has 0 aliphatic rings. The van der Waals surface area contributed by atoms with E-state index in [4.69, 9.17) is 21.7 Å². The summed E-state index contributed by atoms with van der Waals surface area (Å²) >= 11 is 7.26. The Balaban J connectivity index is 1.37. The predicted octanol–water partition coefficient (Wildman–Crippen LogP) is 5.92. The van der Waals surface area contributed by atoms with Gasteiger partial charge in [0, 0.05) is 22.9 Å². The van der Waals surface area contributed by atoms with Crippen molar-refractivity contribution in [3.8, 4) is 11.5 Å². The largest absolute Gasteiger partial charge is 0.493 e. The van der Waals surface area contributed by atoms with E-state index in [-0.39, 0.29) is 0 Å². The van der Waals surface area contributed by atoms with E-state index in [2.05, 4.69) is 65.2 Å². The summed E-state index contributed by atoms with van der Waals surface area (Å²) in [5.74, 6) is 2.46. The van der Waals surface area contributed by atoms with Crippen molar-refractivity contribution >= 4 is 34.8 Å². The van der Waals surface area contributed by atoms with Gasteiger partial charge in [-0.15, -0.1) is 11.8 Å². The summed E-state index contributed by atoms with van der Waals surface area (Å²) < 4.78 is 10.6. The van der Waals surface area contributed by atoms with E-state index in [1.165, 1.54) is 16.0 Å². The van der Waals surface area contributed by atoms with E-state index in [9.17, 15) is 0 Å². The maximum atomic E-state index is 5.42. The van der Waals surface area contributed by atoms with Crippen LogP contribution in [0.25, 0.3) is 0 Å². The highest BCUT2D eigenvalue weighted by Gasteiger charge is 2.05. The van der Waals surface area contributed by atoms with Crippen molar-refractivity contribution in [2.75, 3.05) is 26.1 Å². The van der Waals surface area contributed by atoms with Crippen molar-refractivity contribution < 1.29 is 9.47 Å². The smallest absolute Gasteiger partial charge is 0.170 e. The van der Waals surface area contributed by atoms with Gasteiger partial charge in [0.05, 0.1) is 14.2 Å². The van der Waals surface area contributed by atoms with E-state index in [0.29, 0.717) is 5.11 Å². The number of rotatable bonds is 10. The van der Waals surface area contributed by atoms with Crippen molar-refractivity contribution in [3.05, 3.63) is 83.9 Å². The number of anilines is 1. The third-order valence-electron chi connectivity index (χ3n) is 4.74. The zero-order valence-corrected chi connectivity index (χ0v) is 19.5. The maximum Gasteiger partial charge on any atom is 0.170 e. The lowest BCUT2D eigenvalue weighted by molar-refractivity contribution is 0.354. The van der Waals surface area contributed by atoms with E-state index in [0.717, 1.165) is 42.3 Å². The molecule has 0 fully saturated rings. The van der Waals surface area contributed by atoms with Gasteiger partial charge in [0.2, 0.25) is 0 Å². The minimum atomic E-state index is 0.638. The van der Waals surface area contributed by atoms with Gasteiger partial charge in [-0.3, -0.25) is 0 Å². The molecule has 162 valence electrons. The first-order chi connectivity index (χ1) is 15.2. The van der Waals surface area contributed by atoms with Crippen LogP contribution in [-0.4, -0.2) is 25.9 Å². The summed E-state index contributed by atoms with van der Waals surface area (Å²) in [5, 5.41) is 7.16. The Morgan fingerprint density at radius 3 is 2.29 bits per heavy atom. The van der Waals surface area contributed by atoms with Crippen molar-refractivity contribution in [2.45, 2.75) is 23.5 Å². The van der Waals surface area contributed by atoms with E-state index in [1.807, 2.05) is 30.0 Å². The molecule has 0 atom stereocenters. The molecule has 0 saturated carbocycles. The number of hydrogen-bond acceptors (Lipinski definition) is 4. The second-order valence-electron chi connectivity index (χ2n) is 6.97. The first-order valence-corrected chi connectivity index (χ1v) is 11.6. The van der Waals surface area contributed by atoms with Crippen molar-refractivity contribution in [1.29, 1.82) is 0 Å². The summed E-state index contributed by atoms with van der Waals surface area (Å²) in [7, 11) is 3.30. The van der Waals surface area contributed by atoms with Crippen molar-refractivity contribution in [2.24, 2.45) is 0 Å². The lowest BCUT2D eigenvalue weighted by Gasteiger charge is -2.12.